The molecule has 6 nitrogen and oxygen atoms in total. The molecule has 1 spiro atoms. The maximum absolute atomic E-state index is 13.0. The van der Waals surface area contributed by atoms with Gasteiger partial charge in [-0.2, -0.15) is 0 Å². The van der Waals surface area contributed by atoms with Crippen LogP contribution in [0.4, 0.5) is 5.69 Å². The van der Waals surface area contributed by atoms with Gasteiger partial charge in [0.1, 0.15) is 23.9 Å². The van der Waals surface area contributed by atoms with E-state index in [1.54, 1.807) is 0 Å². The van der Waals surface area contributed by atoms with Crippen LogP contribution in [0.5, 0.6) is 5.75 Å². The maximum atomic E-state index is 13.0. The van der Waals surface area contributed by atoms with Crippen molar-refractivity contribution in [2.75, 3.05) is 18.4 Å². The van der Waals surface area contributed by atoms with Crippen LogP contribution in [0.25, 0.3) is 0 Å². The van der Waals surface area contributed by atoms with Gasteiger partial charge in [-0.05, 0) is 42.0 Å². The average molecular weight is 427 g/mol. The molecule has 0 aliphatic carbocycles. The summed E-state index contributed by atoms with van der Waals surface area (Å²) >= 11 is 0. The molecule has 3 aromatic carbocycles. The molecule has 5 rings (SSSR count). The van der Waals surface area contributed by atoms with E-state index in [4.69, 9.17) is 15.5 Å². The van der Waals surface area contributed by atoms with E-state index in [-0.39, 0.29) is 5.91 Å². The highest BCUT2D eigenvalue weighted by molar-refractivity contribution is 6.04. The van der Waals surface area contributed by atoms with Crippen LogP contribution in [0, 0.1) is 0 Å². The topological polar surface area (TPSA) is 80.0 Å². The fourth-order valence-corrected chi connectivity index (χ4v) is 4.32. The van der Waals surface area contributed by atoms with Gasteiger partial charge in [0.2, 0.25) is 0 Å². The Hall–Kier alpha value is -3.80. The van der Waals surface area contributed by atoms with Crippen LogP contribution >= 0.6 is 0 Å². The van der Waals surface area contributed by atoms with Gasteiger partial charge in [0, 0.05) is 42.7 Å². The Kier molecular flexibility index (Phi) is 5.27. The second-order valence-corrected chi connectivity index (χ2v) is 8.29. The van der Waals surface area contributed by atoms with Crippen LogP contribution in [-0.4, -0.2) is 35.4 Å². The highest BCUT2D eigenvalue weighted by atomic mass is 16.5. The summed E-state index contributed by atoms with van der Waals surface area (Å²) in [5.74, 6) is 1.34. The third kappa shape index (κ3) is 4.04. The van der Waals surface area contributed by atoms with Gasteiger partial charge in [0.05, 0.1) is 0 Å². The number of ether oxygens (including phenoxy) is 1. The second kappa shape index (κ2) is 8.38. The molecular formula is C26H26N4O2. The Morgan fingerprint density at radius 2 is 1.66 bits per heavy atom. The first-order valence-corrected chi connectivity index (χ1v) is 10.9. The Labute approximate surface area is 187 Å². The fraction of sp³-hybridized carbons (Fsp3) is 0.231. The van der Waals surface area contributed by atoms with E-state index in [2.05, 4.69) is 5.32 Å². The molecule has 0 bridgehead atoms. The van der Waals surface area contributed by atoms with Crippen molar-refractivity contribution >= 4 is 17.4 Å². The predicted molar refractivity (Wildman–Crippen MR) is 126 cm³/mol. The van der Waals surface area contributed by atoms with Crippen molar-refractivity contribution in [3.05, 3.63) is 95.6 Å². The molecule has 0 aromatic heterocycles. The van der Waals surface area contributed by atoms with Crippen molar-refractivity contribution in [1.29, 1.82) is 0 Å². The lowest BCUT2D eigenvalue weighted by Gasteiger charge is -2.42. The molecule has 2 heterocycles. The van der Waals surface area contributed by atoms with Crippen LogP contribution in [0.3, 0.4) is 0 Å². The summed E-state index contributed by atoms with van der Waals surface area (Å²) < 4.78 is 5.83. The Morgan fingerprint density at radius 3 is 2.41 bits per heavy atom. The monoisotopic (exact) mass is 426 g/mol. The van der Waals surface area contributed by atoms with Gasteiger partial charge in [-0.3, -0.25) is 4.79 Å². The summed E-state index contributed by atoms with van der Waals surface area (Å²) in [4.78, 5) is 19.7. The van der Waals surface area contributed by atoms with Crippen LogP contribution in [0.1, 0.15) is 34.3 Å². The van der Waals surface area contributed by atoms with Gasteiger partial charge in [-0.1, -0.05) is 42.5 Å². The number of carbonyl (C=O) groups excluding carboxylic acids is 1. The molecule has 0 unspecified atom stereocenters. The number of piperidine rings is 1. The van der Waals surface area contributed by atoms with E-state index in [0.29, 0.717) is 43.9 Å². The molecule has 3 N–H and O–H groups in total. The van der Waals surface area contributed by atoms with E-state index in [1.165, 1.54) is 0 Å². The van der Waals surface area contributed by atoms with E-state index < -0.39 is 5.66 Å². The lowest BCUT2D eigenvalue weighted by atomic mass is 9.93. The van der Waals surface area contributed by atoms with Crippen molar-refractivity contribution < 1.29 is 9.53 Å². The summed E-state index contributed by atoms with van der Waals surface area (Å²) in [7, 11) is 0. The van der Waals surface area contributed by atoms with Crippen molar-refractivity contribution in [3.8, 4) is 5.75 Å². The van der Waals surface area contributed by atoms with Crippen molar-refractivity contribution in [2.24, 2.45) is 10.7 Å². The molecule has 1 saturated heterocycles. The number of benzene rings is 3. The Balaban J connectivity index is 1.20. The predicted octanol–water partition coefficient (Wildman–Crippen LogP) is 4.03. The largest absolute Gasteiger partial charge is 0.489 e. The number of anilines is 1. The van der Waals surface area contributed by atoms with Gasteiger partial charge < -0.3 is 20.7 Å². The number of nitrogens with zero attached hydrogens (tertiary/aromatic N) is 2. The maximum Gasteiger partial charge on any atom is 0.253 e. The van der Waals surface area contributed by atoms with Crippen molar-refractivity contribution in [3.63, 3.8) is 0 Å². The number of carbonyl (C=O) groups is 1. The van der Waals surface area contributed by atoms with E-state index in [0.717, 1.165) is 22.6 Å². The number of para-hydroxylation sites is 1. The van der Waals surface area contributed by atoms with Gasteiger partial charge in [-0.15, -0.1) is 0 Å². The normalized spacial score (nSPS) is 16.6. The summed E-state index contributed by atoms with van der Waals surface area (Å²) in [5.41, 5.74) is 9.51. The zero-order valence-electron chi connectivity index (χ0n) is 17.8. The summed E-state index contributed by atoms with van der Waals surface area (Å²) in [5, 5.41) is 3.55. The number of amides is 1. The van der Waals surface area contributed by atoms with E-state index in [9.17, 15) is 4.79 Å². The minimum absolute atomic E-state index is 0.0302. The Bertz CT molecular complexity index is 1130. The number of nitrogens with two attached hydrogens (primary N) is 1. The van der Waals surface area contributed by atoms with E-state index in [1.807, 2.05) is 83.8 Å². The molecule has 1 amide bonds. The molecule has 6 heteroatoms. The van der Waals surface area contributed by atoms with Gasteiger partial charge in [-0.25, -0.2) is 4.99 Å². The first-order chi connectivity index (χ1) is 15.6. The molecule has 1 fully saturated rings. The summed E-state index contributed by atoms with van der Waals surface area (Å²) in [6.07, 6.45) is 1.43. The summed E-state index contributed by atoms with van der Waals surface area (Å²) in [6, 6.07) is 25.3. The highest BCUT2D eigenvalue weighted by Crippen LogP contribution is 2.34. The molecule has 32 heavy (non-hydrogen) atoms. The molecule has 0 saturated carbocycles. The third-order valence-electron chi connectivity index (χ3n) is 6.13. The molecule has 0 radical (unpaired) electrons. The zero-order chi connectivity index (χ0) is 22.0. The van der Waals surface area contributed by atoms with Crippen LogP contribution in [0.2, 0.25) is 0 Å². The second-order valence-electron chi connectivity index (χ2n) is 8.29. The number of aliphatic imine (C=N–C) groups is 1. The number of hydrogen-bond acceptors (Lipinski definition) is 5. The van der Waals surface area contributed by atoms with Crippen molar-refractivity contribution in [1.82, 2.24) is 4.90 Å². The lowest BCUT2D eigenvalue weighted by molar-refractivity contribution is 0.0685. The number of likely N-dealkylation sites (tertiary alicyclic amines) is 1. The minimum atomic E-state index is -0.440. The number of nitrogens with one attached hydrogen (secondary N) is 1. The van der Waals surface area contributed by atoms with Gasteiger partial charge in [0.15, 0.2) is 0 Å². The zero-order valence-corrected chi connectivity index (χ0v) is 17.8. The Morgan fingerprint density at radius 1 is 0.969 bits per heavy atom. The third-order valence-corrected chi connectivity index (χ3v) is 6.13. The fourth-order valence-electron chi connectivity index (χ4n) is 4.32. The van der Waals surface area contributed by atoms with Crippen LogP contribution in [0.15, 0.2) is 83.9 Å². The molecule has 2 aliphatic rings. The average Bonchev–Trinajstić information content (AvgIpc) is 2.84. The highest BCUT2D eigenvalue weighted by Gasteiger charge is 2.38. The number of rotatable bonds is 4. The standard InChI is InChI=1S/C26H26N4O2/c27-24-22-8-4-5-9-23(22)28-26(29-24)14-16-30(17-15-26)25(31)20-10-12-21(13-11-20)32-18-19-6-2-1-3-7-19/h1-13,28H,14-18H2,(H2,27,29). The van der Waals surface area contributed by atoms with Gasteiger partial charge >= 0.3 is 0 Å². The number of hydrogen-bond donors (Lipinski definition) is 2. The first-order valence-electron chi connectivity index (χ1n) is 10.9. The molecule has 3 aromatic rings. The quantitative estimate of drug-likeness (QED) is 0.660. The lowest BCUT2D eigenvalue weighted by Crippen LogP contribution is -2.52. The van der Waals surface area contributed by atoms with Gasteiger partial charge in [0.25, 0.3) is 5.91 Å². The van der Waals surface area contributed by atoms with E-state index >= 15 is 0 Å². The molecule has 2 aliphatic heterocycles. The first kappa shape index (κ1) is 20.1. The minimum Gasteiger partial charge on any atom is -0.489 e. The van der Waals surface area contributed by atoms with Crippen LogP contribution in [-0.2, 0) is 6.61 Å². The summed E-state index contributed by atoms with van der Waals surface area (Å²) in [6.45, 7) is 1.75. The smallest absolute Gasteiger partial charge is 0.253 e. The molecular weight excluding hydrogens is 400 g/mol. The SMILES string of the molecule is NC1=NC2(CCN(C(=O)c3ccc(OCc4ccccc4)cc3)CC2)Nc2ccccc21. The molecule has 0 atom stereocenters. The van der Waals surface area contributed by atoms with Crippen molar-refractivity contribution in [2.45, 2.75) is 25.1 Å². The number of fused-ring (bicyclic) bond motifs is 1. The van der Waals surface area contributed by atoms with Crippen LogP contribution < -0.4 is 15.8 Å². The molecule has 162 valence electrons. The number of amidine groups is 1.